The molecule has 6 nitrogen and oxygen atoms in total. The van der Waals surface area contributed by atoms with E-state index in [-0.39, 0.29) is 14.0 Å². The lowest BCUT2D eigenvalue weighted by atomic mass is 10.1. The largest absolute Gasteiger partial charge is 0.387 e. The van der Waals surface area contributed by atoms with E-state index < -0.39 is 31.2 Å². The third-order valence-electron chi connectivity index (χ3n) is 2.88. The molecular formula is C9H13NO5S3. The van der Waals surface area contributed by atoms with E-state index in [1.54, 1.807) is 0 Å². The molecule has 2 heterocycles. The molecule has 0 aromatic carbocycles. The molecule has 0 saturated carbocycles. The zero-order valence-corrected chi connectivity index (χ0v) is 12.0. The van der Waals surface area contributed by atoms with Gasteiger partial charge in [-0.25, -0.2) is 22.0 Å². The van der Waals surface area contributed by atoms with Gasteiger partial charge >= 0.3 is 0 Å². The smallest absolute Gasteiger partial charge is 0.247 e. The Morgan fingerprint density at radius 3 is 2.56 bits per heavy atom. The molecule has 2 atom stereocenters. The molecule has 1 aromatic heterocycles. The fraction of sp³-hybridized carbons (Fsp3) is 0.556. The van der Waals surface area contributed by atoms with Crippen molar-refractivity contribution in [2.45, 2.75) is 39.5 Å². The lowest BCUT2D eigenvalue weighted by molar-refractivity contribution is 0.171. The Hall–Kier alpha value is -0.480. The molecule has 1 aliphatic heterocycles. The highest BCUT2D eigenvalue weighted by atomic mass is 32.3. The van der Waals surface area contributed by atoms with Crippen molar-refractivity contribution < 1.29 is 21.9 Å². The van der Waals surface area contributed by atoms with Gasteiger partial charge < -0.3 is 5.11 Å². The van der Waals surface area contributed by atoms with Crippen LogP contribution in [0.1, 0.15) is 31.4 Å². The van der Waals surface area contributed by atoms with Crippen LogP contribution >= 0.6 is 11.3 Å². The minimum absolute atomic E-state index is 0.0718. The first-order valence-corrected chi connectivity index (χ1v) is 9.19. The number of primary sulfonamides is 1. The van der Waals surface area contributed by atoms with Crippen LogP contribution in [-0.4, -0.2) is 27.2 Å². The maximum Gasteiger partial charge on any atom is 0.247 e. The van der Waals surface area contributed by atoms with Gasteiger partial charge in [0.15, 0.2) is 9.84 Å². The number of hydrogen-bond donors (Lipinski definition) is 2. The number of thiophene rings is 1. The van der Waals surface area contributed by atoms with Gasteiger partial charge in [-0.2, -0.15) is 0 Å². The Labute approximate surface area is 109 Å². The number of rotatable bonds is 3. The molecule has 0 aliphatic carbocycles. The summed E-state index contributed by atoms with van der Waals surface area (Å²) in [5, 5.41) is 14.1. The van der Waals surface area contributed by atoms with Gasteiger partial charge in [-0.15, -0.1) is 11.3 Å². The second-order valence-electron chi connectivity index (χ2n) is 4.17. The monoisotopic (exact) mass is 311 g/mol. The zero-order chi connectivity index (χ0) is 13.7. The van der Waals surface area contributed by atoms with Crippen molar-refractivity contribution in [2.75, 3.05) is 0 Å². The van der Waals surface area contributed by atoms with Crippen LogP contribution in [0.5, 0.6) is 0 Å². The lowest BCUT2D eigenvalue weighted by Crippen LogP contribution is -2.21. The van der Waals surface area contributed by atoms with Crippen LogP contribution in [0.4, 0.5) is 0 Å². The standard InChI is InChI=1S/C9H13NO5S3/c1-2-3-6-8(11)5-4-7(18(10,14)15)16-9(5)17(6,12)13/h4,6,8,11H,2-3H2,1H3,(H2,10,14,15). The summed E-state index contributed by atoms with van der Waals surface area (Å²) in [5.41, 5.74) is 0.155. The fourth-order valence-corrected chi connectivity index (χ4v) is 6.79. The molecule has 102 valence electrons. The van der Waals surface area contributed by atoms with Gasteiger partial charge in [0.25, 0.3) is 0 Å². The van der Waals surface area contributed by atoms with Crippen molar-refractivity contribution in [1.82, 2.24) is 0 Å². The summed E-state index contributed by atoms with van der Waals surface area (Å²) in [6, 6.07) is 1.16. The van der Waals surface area contributed by atoms with Crippen molar-refractivity contribution in [3.05, 3.63) is 11.6 Å². The number of aliphatic hydroxyl groups excluding tert-OH is 1. The molecule has 18 heavy (non-hydrogen) atoms. The maximum atomic E-state index is 12.1. The summed E-state index contributed by atoms with van der Waals surface area (Å²) in [4.78, 5) is 0. The highest BCUT2D eigenvalue weighted by Crippen LogP contribution is 2.46. The summed E-state index contributed by atoms with van der Waals surface area (Å²) < 4.78 is 46.3. The van der Waals surface area contributed by atoms with Gasteiger partial charge in [-0.1, -0.05) is 13.3 Å². The van der Waals surface area contributed by atoms with E-state index in [0.717, 1.165) is 6.07 Å². The van der Waals surface area contributed by atoms with E-state index in [4.69, 9.17) is 5.14 Å². The number of sulfone groups is 1. The topological polar surface area (TPSA) is 115 Å². The summed E-state index contributed by atoms with van der Waals surface area (Å²) in [7, 11) is -7.59. The number of sulfonamides is 1. The van der Waals surface area contributed by atoms with Gasteiger partial charge in [0.1, 0.15) is 8.42 Å². The van der Waals surface area contributed by atoms with E-state index in [2.05, 4.69) is 0 Å². The van der Waals surface area contributed by atoms with Gasteiger partial charge in [0.2, 0.25) is 10.0 Å². The van der Waals surface area contributed by atoms with Crippen molar-refractivity contribution in [3.63, 3.8) is 0 Å². The van der Waals surface area contributed by atoms with Crippen molar-refractivity contribution in [3.8, 4) is 0 Å². The van der Waals surface area contributed by atoms with E-state index >= 15 is 0 Å². The predicted molar refractivity (Wildman–Crippen MR) is 66.5 cm³/mol. The Bertz CT molecular complexity index is 673. The predicted octanol–water partition coefficient (Wildman–Crippen LogP) is 0.385. The minimum Gasteiger partial charge on any atom is -0.387 e. The van der Waals surface area contributed by atoms with Crippen LogP contribution in [0.2, 0.25) is 0 Å². The van der Waals surface area contributed by atoms with E-state index in [1.165, 1.54) is 0 Å². The van der Waals surface area contributed by atoms with Crippen molar-refractivity contribution in [2.24, 2.45) is 5.14 Å². The molecule has 1 aliphatic rings. The third-order valence-corrected chi connectivity index (χ3v) is 8.24. The first-order chi connectivity index (χ1) is 8.19. The summed E-state index contributed by atoms with van der Waals surface area (Å²) in [6.07, 6.45) is -0.204. The zero-order valence-electron chi connectivity index (χ0n) is 9.53. The van der Waals surface area contributed by atoms with E-state index in [0.29, 0.717) is 24.2 Å². The molecule has 0 fully saturated rings. The molecule has 0 spiro atoms. The Balaban J connectivity index is 2.58. The average molecular weight is 311 g/mol. The van der Waals surface area contributed by atoms with Crippen LogP contribution in [-0.2, 0) is 19.9 Å². The van der Waals surface area contributed by atoms with E-state index in [9.17, 15) is 21.9 Å². The molecule has 2 rings (SSSR count). The van der Waals surface area contributed by atoms with Crippen molar-refractivity contribution >= 4 is 31.2 Å². The van der Waals surface area contributed by atoms with Gasteiger partial charge in [-0.05, 0) is 12.5 Å². The highest BCUT2D eigenvalue weighted by Gasteiger charge is 2.46. The van der Waals surface area contributed by atoms with E-state index in [1.807, 2.05) is 6.92 Å². The molecule has 0 bridgehead atoms. The average Bonchev–Trinajstić information content (AvgIpc) is 2.74. The number of nitrogens with two attached hydrogens (primary N) is 1. The van der Waals surface area contributed by atoms with Crippen LogP contribution < -0.4 is 5.14 Å². The molecule has 0 radical (unpaired) electrons. The summed E-state index contributed by atoms with van der Waals surface area (Å²) >= 11 is 0.608. The normalized spacial score (nSPS) is 26.2. The maximum absolute atomic E-state index is 12.1. The SMILES string of the molecule is CCCC1C(O)c2cc(S(N)(=O)=O)sc2S1(=O)=O. The molecular weight excluding hydrogens is 298 g/mol. The summed E-state index contributed by atoms with van der Waals surface area (Å²) in [5.74, 6) is 0. The van der Waals surface area contributed by atoms with Gasteiger partial charge in [0.05, 0.1) is 11.4 Å². The molecule has 0 saturated heterocycles. The van der Waals surface area contributed by atoms with Gasteiger partial charge in [0, 0.05) is 5.56 Å². The minimum atomic E-state index is -3.94. The van der Waals surface area contributed by atoms with Crippen molar-refractivity contribution in [1.29, 1.82) is 0 Å². The summed E-state index contributed by atoms with van der Waals surface area (Å²) in [6.45, 7) is 1.82. The van der Waals surface area contributed by atoms with Crippen LogP contribution in [0, 0.1) is 0 Å². The number of hydrogen-bond acceptors (Lipinski definition) is 6. The Morgan fingerprint density at radius 1 is 1.50 bits per heavy atom. The number of fused-ring (bicyclic) bond motifs is 1. The molecule has 0 amide bonds. The first-order valence-electron chi connectivity index (χ1n) is 5.28. The molecule has 1 aromatic rings. The molecule has 2 unspecified atom stereocenters. The number of aliphatic hydroxyl groups is 1. The first kappa shape index (κ1) is 13.9. The third kappa shape index (κ3) is 1.99. The van der Waals surface area contributed by atoms with Crippen LogP contribution in [0.25, 0.3) is 0 Å². The fourth-order valence-electron chi connectivity index (χ4n) is 2.04. The quantitative estimate of drug-likeness (QED) is 0.837. The second kappa shape index (κ2) is 4.27. The van der Waals surface area contributed by atoms with Gasteiger partial charge in [-0.3, -0.25) is 0 Å². The second-order valence-corrected chi connectivity index (χ2v) is 9.37. The lowest BCUT2D eigenvalue weighted by Gasteiger charge is -2.12. The molecule has 3 N–H and O–H groups in total. The molecule has 9 heteroatoms. The van der Waals surface area contributed by atoms with Crippen LogP contribution in [0.3, 0.4) is 0 Å². The highest BCUT2D eigenvalue weighted by molar-refractivity contribution is 7.95. The van der Waals surface area contributed by atoms with Crippen LogP contribution in [0.15, 0.2) is 14.5 Å². The Kier molecular flexibility index (Phi) is 3.31. The Morgan fingerprint density at radius 2 is 2.11 bits per heavy atom.